The zero-order chi connectivity index (χ0) is 34.4. The predicted molar refractivity (Wildman–Crippen MR) is 179 cm³/mol. The molecule has 2 heterocycles. The Kier molecular flexibility index (Phi) is 7.26. The topological polar surface area (TPSA) is 80.3 Å². The summed E-state index contributed by atoms with van der Waals surface area (Å²) in [5.74, 6) is 0.312. The van der Waals surface area contributed by atoms with Gasteiger partial charge in [0.15, 0.2) is 6.29 Å². The van der Waals surface area contributed by atoms with E-state index in [1.807, 2.05) is 4.90 Å². The lowest BCUT2D eigenvalue weighted by molar-refractivity contribution is -0.245. The quantitative estimate of drug-likeness (QED) is 0.372. The standard InChI is InChI=1S/C40H56F2N2O5/c1-23-14-28(19-43-18-25-15-26(41)17-27(42)16-25)48-33-32(23)36(5)10-11-38-21-37(38)8-7-30(49-31-20-44(24(2)45)12-13-47-31)35(3,4)29(37)6-9-39(38)22-40(36,39)34(33)46/h15-17,23,28-34,43,46H,6-14,18-22H2,1-5H3. The molecule has 8 aliphatic rings. The number of amides is 1. The van der Waals surface area contributed by atoms with E-state index in [-0.39, 0.29) is 52.2 Å². The molecule has 13 atom stereocenters. The number of nitrogens with zero attached hydrogens (tertiary/aromatic N) is 1. The molecule has 13 unspecified atom stereocenters. The summed E-state index contributed by atoms with van der Waals surface area (Å²) in [5, 5.41) is 15.9. The molecule has 9 rings (SSSR count). The maximum absolute atomic E-state index is 13.7. The van der Waals surface area contributed by atoms with Crippen LogP contribution in [0.2, 0.25) is 0 Å². The molecule has 49 heavy (non-hydrogen) atoms. The van der Waals surface area contributed by atoms with Gasteiger partial charge < -0.3 is 29.5 Å². The number of ether oxygens (including phenoxy) is 3. The van der Waals surface area contributed by atoms with Crippen LogP contribution in [0.5, 0.6) is 0 Å². The van der Waals surface area contributed by atoms with E-state index < -0.39 is 17.7 Å². The number of halogens is 2. The number of carbonyl (C=O) groups is 1. The van der Waals surface area contributed by atoms with Crippen molar-refractivity contribution in [2.45, 2.75) is 130 Å². The minimum absolute atomic E-state index is 0.00540. The summed E-state index contributed by atoms with van der Waals surface area (Å²) in [7, 11) is 0. The van der Waals surface area contributed by atoms with Gasteiger partial charge in [0, 0.05) is 38.0 Å². The van der Waals surface area contributed by atoms with Crippen molar-refractivity contribution in [2.24, 2.45) is 50.2 Å². The SMILES string of the molecule is CC(=O)N1CCOC(OC2CCC34CC35CCC3(C)C6C(C)CC(CNCc7cc(F)cc(F)c7)OC6C(O)C36CC56CCC4C2(C)C)C1. The molecule has 2 saturated heterocycles. The fourth-order valence-electron chi connectivity index (χ4n) is 15.0. The second kappa shape index (κ2) is 10.7. The van der Waals surface area contributed by atoms with Crippen molar-refractivity contribution < 1.29 is 32.9 Å². The molecular weight excluding hydrogens is 626 g/mol. The highest BCUT2D eigenvalue weighted by Gasteiger charge is 2.97. The Morgan fingerprint density at radius 2 is 1.84 bits per heavy atom. The third kappa shape index (κ3) is 4.20. The number of hydrogen-bond donors (Lipinski definition) is 2. The van der Waals surface area contributed by atoms with Gasteiger partial charge >= 0.3 is 0 Å². The van der Waals surface area contributed by atoms with Crippen LogP contribution < -0.4 is 5.32 Å². The second-order valence-corrected chi connectivity index (χ2v) is 18.7. The van der Waals surface area contributed by atoms with Crippen molar-refractivity contribution in [3.8, 4) is 0 Å². The first kappa shape index (κ1) is 33.2. The third-order valence-corrected chi connectivity index (χ3v) is 16.8. The van der Waals surface area contributed by atoms with Crippen LogP contribution in [0, 0.1) is 61.9 Å². The van der Waals surface area contributed by atoms with E-state index in [4.69, 9.17) is 14.2 Å². The van der Waals surface area contributed by atoms with Gasteiger partial charge in [-0.2, -0.15) is 0 Å². The van der Waals surface area contributed by atoms with E-state index in [0.717, 1.165) is 25.3 Å². The van der Waals surface area contributed by atoms with Crippen LogP contribution in [0.4, 0.5) is 8.78 Å². The van der Waals surface area contributed by atoms with E-state index >= 15 is 0 Å². The molecule has 1 aromatic carbocycles. The first-order valence-corrected chi connectivity index (χ1v) is 19.3. The van der Waals surface area contributed by atoms with Gasteiger partial charge in [-0.25, -0.2) is 8.78 Å². The predicted octanol–water partition coefficient (Wildman–Crippen LogP) is 6.21. The number of carbonyl (C=O) groups excluding carboxylic acids is 1. The average Bonchev–Trinajstić information content (AvgIpc) is 3.91. The van der Waals surface area contributed by atoms with Gasteiger partial charge in [-0.3, -0.25) is 4.79 Å². The minimum Gasteiger partial charge on any atom is -0.390 e. The second-order valence-electron chi connectivity index (χ2n) is 18.7. The number of fused-ring (bicyclic) bond motifs is 2. The molecule has 7 nitrogen and oxygen atoms in total. The Morgan fingerprint density at radius 3 is 2.59 bits per heavy atom. The first-order chi connectivity index (χ1) is 23.2. The van der Waals surface area contributed by atoms with Gasteiger partial charge in [0.05, 0.1) is 37.6 Å². The Labute approximate surface area is 290 Å². The zero-order valence-electron chi connectivity index (χ0n) is 30.0. The van der Waals surface area contributed by atoms with E-state index in [1.54, 1.807) is 6.92 Å². The third-order valence-electron chi connectivity index (χ3n) is 16.8. The van der Waals surface area contributed by atoms with E-state index in [0.29, 0.717) is 66.9 Å². The average molecular weight is 683 g/mol. The number of rotatable bonds is 6. The molecule has 6 aliphatic carbocycles. The zero-order valence-corrected chi connectivity index (χ0v) is 30.0. The number of nitrogens with one attached hydrogen (secondary N) is 1. The first-order valence-electron chi connectivity index (χ1n) is 19.3. The Bertz CT molecular complexity index is 1520. The summed E-state index contributed by atoms with van der Waals surface area (Å²) in [6, 6.07) is 3.65. The highest BCUT2D eigenvalue weighted by Crippen LogP contribution is 3.01. The largest absolute Gasteiger partial charge is 0.390 e. The molecular formula is C40H56F2N2O5. The number of morpholine rings is 1. The van der Waals surface area contributed by atoms with Crippen molar-refractivity contribution in [1.82, 2.24) is 10.2 Å². The van der Waals surface area contributed by atoms with E-state index in [2.05, 4.69) is 33.0 Å². The Morgan fingerprint density at radius 1 is 1.06 bits per heavy atom. The van der Waals surface area contributed by atoms with Crippen LogP contribution in [-0.2, 0) is 25.5 Å². The van der Waals surface area contributed by atoms with Gasteiger partial charge in [0.1, 0.15) is 11.6 Å². The van der Waals surface area contributed by atoms with Gasteiger partial charge in [-0.15, -0.1) is 0 Å². The van der Waals surface area contributed by atoms with Crippen molar-refractivity contribution in [3.63, 3.8) is 0 Å². The van der Waals surface area contributed by atoms with Crippen molar-refractivity contribution >= 4 is 5.91 Å². The van der Waals surface area contributed by atoms with Crippen LogP contribution in [0.25, 0.3) is 0 Å². The smallest absolute Gasteiger partial charge is 0.219 e. The molecule has 9 heteroatoms. The summed E-state index contributed by atoms with van der Waals surface area (Å²) < 4.78 is 47.2. The lowest BCUT2D eigenvalue weighted by Gasteiger charge is -2.60. The normalized spacial score (nSPS) is 50.2. The van der Waals surface area contributed by atoms with E-state index in [1.165, 1.54) is 50.7 Å². The molecule has 0 bridgehead atoms. The van der Waals surface area contributed by atoms with Crippen molar-refractivity contribution in [2.75, 3.05) is 26.2 Å². The summed E-state index contributed by atoms with van der Waals surface area (Å²) in [4.78, 5) is 13.9. The lowest BCUT2D eigenvalue weighted by atomic mass is 9.45. The summed E-state index contributed by atoms with van der Waals surface area (Å²) in [5.41, 5.74) is 1.38. The molecule has 8 fully saturated rings. The molecule has 4 spiro atoms. The fourth-order valence-corrected chi connectivity index (χ4v) is 15.0. The number of benzene rings is 1. The molecule has 0 radical (unpaired) electrons. The number of aliphatic hydroxyl groups excluding tert-OH is 1. The number of aliphatic hydroxyl groups is 1. The maximum Gasteiger partial charge on any atom is 0.219 e. The minimum atomic E-state index is -0.560. The van der Waals surface area contributed by atoms with E-state index in [9.17, 15) is 18.7 Å². The van der Waals surface area contributed by atoms with Crippen LogP contribution in [0.3, 0.4) is 0 Å². The summed E-state index contributed by atoms with van der Waals surface area (Å²) >= 11 is 0. The highest BCUT2D eigenvalue weighted by atomic mass is 19.1. The van der Waals surface area contributed by atoms with Crippen molar-refractivity contribution in [1.29, 1.82) is 0 Å². The van der Waals surface area contributed by atoms with Gasteiger partial charge in [0.25, 0.3) is 0 Å². The van der Waals surface area contributed by atoms with Gasteiger partial charge in [0.2, 0.25) is 5.91 Å². The Hall–Kier alpha value is -1.65. The summed E-state index contributed by atoms with van der Waals surface area (Å²) in [6.07, 6.45) is 9.45. The Balaban J connectivity index is 0.920. The fraction of sp³-hybridized carbons (Fsp3) is 0.825. The number of hydrogen-bond acceptors (Lipinski definition) is 6. The van der Waals surface area contributed by atoms with Gasteiger partial charge in [-0.05, 0) is 120 Å². The van der Waals surface area contributed by atoms with Crippen molar-refractivity contribution in [3.05, 3.63) is 35.4 Å². The molecule has 6 saturated carbocycles. The van der Waals surface area contributed by atoms with Crippen LogP contribution in [-0.4, -0.2) is 72.9 Å². The van der Waals surface area contributed by atoms with Gasteiger partial charge in [-0.1, -0.05) is 27.7 Å². The summed E-state index contributed by atoms with van der Waals surface area (Å²) in [6.45, 7) is 14.0. The molecule has 2 aliphatic heterocycles. The van der Waals surface area contributed by atoms with Crippen LogP contribution >= 0.6 is 0 Å². The molecule has 2 N–H and O–H groups in total. The molecule has 270 valence electrons. The molecule has 0 aromatic heterocycles. The maximum atomic E-state index is 13.7. The molecule has 1 amide bonds. The van der Waals surface area contributed by atoms with Crippen LogP contribution in [0.1, 0.15) is 98.0 Å². The molecule has 1 aromatic rings. The lowest BCUT2D eigenvalue weighted by Crippen LogP contribution is -2.57. The highest BCUT2D eigenvalue weighted by molar-refractivity contribution is 5.73. The monoisotopic (exact) mass is 682 g/mol. The van der Waals surface area contributed by atoms with Crippen LogP contribution in [0.15, 0.2) is 18.2 Å².